The molecular formula is C13H12ClN3O2. The first-order chi connectivity index (χ1) is 9.08. The molecule has 0 aliphatic carbocycles. The van der Waals surface area contributed by atoms with Crippen LogP contribution in [0, 0.1) is 0 Å². The molecule has 0 spiro atoms. The van der Waals surface area contributed by atoms with E-state index in [2.05, 4.69) is 15.5 Å². The number of nitrogens with one attached hydrogen (secondary N) is 1. The van der Waals surface area contributed by atoms with Crippen LogP contribution in [0.4, 0.5) is 5.82 Å². The summed E-state index contributed by atoms with van der Waals surface area (Å²) < 4.78 is 0. The SMILES string of the molecule is CC(Nc1ccc(C(=O)O)nn1)c1ccccc1Cl. The summed E-state index contributed by atoms with van der Waals surface area (Å²) in [5.41, 5.74) is 0.851. The summed E-state index contributed by atoms with van der Waals surface area (Å²) in [5, 5.41) is 19.9. The summed E-state index contributed by atoms with van der Waals surface area (Å²) in [6.45, 7) is 1.94. The van der Waals surface area contributed by atoms with Gasteiger partial charge in [-0.05, 0) is 30.7 Å². The Morgan fingerprint density at radius 1 is 1.26 bits per heavy atom. The highest BCUT2D eigenvalue weighted by atomic mass is 35.5. The average Bonchev–Trinajstić information content (AvgIpc) is 2.39. The largest absolute Gasteiger partial charge is 0.476 e. The van der Waals surface area contributed by atoms with Gasteiger partial charge in [-0.3, -0.25) is 0 Å². The number of carboxylic acid groups (broad SMARTS) is 1. The average molecular weight is 278 g/mol. The van der Waals surface area contributed by atoms with Gasteiger partial charge in [0.15, 0.2) is 5.69 Å². The van der Waals surface area contributed by atoms with Gasteiger partial charge in [0.1, 0.15) is 5.82 Å². The van der Waals surface area contributed by atoms with E-state index in [0.29, 0.717) is 10.8 Å². The fourth-order valence-electron chi connectivity index (χ4n) is 1.65. The van der Waals surface area contributed by atoms with Crippen LogP contribution < -0.4 is 5.32 Å². The molecule has 1 heterocycles. The van der Waals surface area contributed by atoms with E-state index in [-0.39, 0.29) is 11.7 Å². The van der Waals surface area contributed by atoms with Crippen LogP contribution >= 0.6 is 11.6 Å². The molecule has 0 fully saturated rings. The van der Waals surface area contributed by atoms with E-state index in [9.17, 15) is 4.79 Å². The normalized spacial score (nSPS) is 11.9. The Labute approximate surface area is 115 Å². The number of carbonyl (C=O) groups is 1. The number of anilines is 1. The second kappa shape index (κ2) is 5.67. The maximum absolute atomic E-state index is 10.7. The Morgan fingerprint density at radius 2 is 2.00 bits per heavy atom. The summed E-state index contributed by atoms with van der Waals surface area (Å²) in [5.74, 6) is -0.601. The van der Waals surface area contributed by atoms with E-state index in [1.54, 1.807) is 6.07 Å². The van der Waals surface area contributed by atoms with Crippen molar-refractivity contribution in [3.05, 3.63) is 52.7 Å². The minimum absolute atomic E-state index is 0.0568. The highest BCUT2D eigenvalue weighted by Gasteiger charge is 2.10. The van der Waals surface area contributed by atoms with Gasteiger partial charge in [0, 0.05) is 5.02 Å². The zero-order chi connectivity index (χ0) is 13.8. The van der Waals surface area contributed by atoms with E-state index in [0.717, 1.165) is 5.56 Å². The molecule has 2 rings (SSSR count). The standard InChI is InChI=1S/C13H12ClN3O2/c1-8(9-4-2-3-5-10(9)14)15-12-7-6-11(13(18)19)16-17-12/h2-8H,1H3,(H,15,17)(H,18,19). The molecule has 5 nitrogen and oxygen atoms in total. The minimum atomic E-state index is -1.10. The molecule has 0 amide bonds. The van der Waals surface area contributed by atoms with Crippen LogP contribution in [0.1, 0.15) is 29.0 Å². The molecule has 2 N–H and O–H groups in total. The lowest BCUT2D eigenvalue weighted by Gasteiger charge is -2.15. The van der Waals surface area contributed by atoms with Crippen molar-refractivity contribution in [3.8, 4) is 0 Å². The first-order valence-electron chi connectivity index (χ1n) is 5.66. The molecule has 0 saturated carbocycles. The molecule has 1 atom stereocenters. The summed E-state index contributed by atoms with van der Waals surface area (Å²) in [7, 11) is 0. The van der Waals surface area contributed by atoms with Crippen LogP contribution in [-0.2, 0) is 0 Å². The van der Waals surface area contributed by atoms with E-state index < -0.39 is 5.97 Å². The van der Waals surface area contributed by atoms with Gasteiger partial charge in [-0.1, -0.05) is 29.8 Å². The second-order valence-corrected chi connectivity index (χ2v) is 4.40. The van der Waals surface area contributed by atoms with Crippen molar-refractivity contribution in [1.29, 1.82) is 0 Å². The Kier molecular flexibility index (Phi) is 3.97. The summed E-state index contributed by atoms with van der Waals surface area (Å²) >= 11 is 6.10. The maximum Gasteiger partial charge on any atom is 0.356 e. The molecule has 0 saturated heterocycles. The number of nitrogens with zero attached hydrogens (tertiary/aromatic N) is 2. The molecule has 0 aliphatic heterocycles. The topological polar surface area (TPSA) is 75.1 Å². The predicted octanol–water partition coefficient (Wildman–Crippen LogP) is 3.00. The number of rotatable bonds is 4. The maximum atomic E-state index is 10.7. The van der Waals surface area contributed by atoms with Crippen LogP contribution in [0.15, 0.2) is 36.4 Å². The van der Waals surface area contributed by atoms with Crippen molar-refractivity contribution in [1.82, 2.24) is 10.2 Å². The van der Waals surface area contributed by atoms with E-state index in [4.69, 9.17) is 16.7 Å². The first-order valence-corrected chi connectivity index (χ1v) is 6.03. The quantitative estimate of drug-likeness (QED) is 0.898. The Bertz CT molecular complexity index is 587. The van der Waals surface area contributed by atoms with Crippen molar-refractivity contribution in [2.75, 3.05) is 5.32 Å². The minimum Gasteiger partial charge on any atom is -0.476 e. The Balaban J connectivity index is 2.13. The highest BCUT2D eigenvalue weighted by Crippen LogP contribution is 2.24. The van der Waals surface area contributed by atoms with Crippen molar-refractivity contribution >= 4 is 23.4 Å². The molecule has 0 aliphatic rings. The third-order valence-corrected chi connectivity index (χ3v) is 2.96. The number of carboxylic acids is 1. The molecule has 2 aromatic rings. The molecule has 19 heavy (non-hydrogen) atoms. The molecule has 0 bridgehead atoms. The van der Waals surface area contributed by atoms with Crippen LogP contribution in [0.3, 0.4) is 0 Å². The lowest BCUT2D eigenvalue weighted by molar-refractivity contribution is 0.0689. The molecule has 1 aromatic heterocycles. The van der Waals surface area contributed by atoms with Gasteiger partial charge in [-0.25, -0.2) is 4.79 Å². The summed E-state index contributed by atoms with van der Waals surface area (Å²) in [6.07, 6.45) is 0. The Hall–Kier alpha value is -2.14. The number of hydrogen-bond acceptors (Lipinski definition) is 4. The zero-order valence-electron chi connectivity index (χ0n) is 10.2. The van der Waals surface area contributed by atoms with E-state index in [1.807, 2.05) is 31.2 Å². The van der Waals surface area contributed by atoms with Gasteiger partial charge in [0.05, 0.1) is 6.04 Å². The van der Waals surface area contributed by atoms with Crippen molar-refractivity contribution in [3.63, 3.8) is 0 Å². The second-order valence-electron chi connectivity index (χ2n) is 4.00. The predicted molar refractivity (Wildman–Crippen MR) is 72.5 cm³/mol. The van der Waals surface area contributed by atoms with Crippen LogP contribution in [0.5, 0.6) is 0 Å². The Morgan fingerprint density at radius 3 is 2.58 bits per heavy atom. The number of halogens is 1. The number of aromatic nitrogens is 2. The summed E-state index contributed by atoms with van der Waals surface area (Å²) in [4.78, 5) is 10.7. The molecule has 1 aromatic carbocycles. The third kappa shape index (κ3) is 3.20. The monoisotopic (exact) mass is 277 g/mol. The van der Waals surface area contributed by atoms with Gasteiger partial charge in [-0.15, -0.1) is 10.2 Å². The third-order valence-electron chi connectivity index (χ3n) is 2.62. The number of benzene rings is 1. The van der Waals surface area contributed by atoms with Gasteiger partial charge < -0.3 is 10.4 Å². The molecule has 0 radical (unpaired) electrons. The van der Waals surface area contributed by atoms with Crippen molar-refractivity contribution in [2.45, 2.75) is 13.0 Å². The lowest BCUT2D eigenvalue weighted by atomic mass is 10.1. The van der Waals surface area contributed by atoms with Crippen LogP contribution in [-0.4, -0.2) is 21.3 Å². The molecule has 6 heteroatoms. The van der Waals surface area contributed by atoms with Crippen LogP contribution in [0.25, 0.3) is 0 Å². The summed E-state index contributed by atoms with van der Waals surface area (Å²) in [6, 6.07) is 10.4. The van der Waals surface area contributed by atoms with E-state index in [1.165, 1.54) is 6.07 Å². The fourth-order valence-corrected chi connectivity index (χ4v) is 1.95. The zero-order valence-corrected chi connectivity index (χ0v) is 10.9. The van der Waals surface area contributed by atoms with Gasteiger partial charge in [0.25, 0.3) is 0 Å². The highest BCUT2D eigenvalue weighted by molar-refractivity contribution is 6.31. The van der Waals surface area contributed by atoms with Gasteiger partial charge >= 0.3 is 5.97 Å². The number of aromatic carboxylic acids is 1. The molecular weight excluding hydrogens is 266 g/mol. The van der Waals surface area contributed by atoms with Crippen LogP contribution in [0.2, 0.25) is 5.02 Å². The van der Waals surface area contributed by atoms with Gasteiger partial charge in [0.2, 0.25) is 0 Å². The van der Waals surface area contributed by atoms with E-state index >= 15 is 0 Å². The van der Waals surface area contributed by atoms with Crippen molar-refractivity contribution in [2.24, 2.45) is 0 Å². The van der Waals surface area contributed by atoms with Gasteiger partial charge in [-0.2, -0.15) is 0 Å². The first kappa shape index (κ1) is 13.3. The lowest BCUT2D eigenvalue weighted by Crippen LogP contribution is -2.10. The van der Waals surface area contributed by atoms with Crippen molar-refractivity contribution < 1.29 is 9.90 Å². The molecule has 98 valence electrons. The number of hydrogen-bond donors (Lipinski definition) is 2. The molecule has 1 unspecified atom stereocenters. The smallest absolute Gasteiger partial charge is 0.356 e. The fraction of sp³-hybridized carbons (Fsp3) is 0.154.